The van der Waals surface area contributed by atoms with Gasteiger partial charge in [0.1, 0.15) is 0 Å². The molecular weight excluding hydrogens is 226 g/mol. The summed E-state index contributed by atoms with van der Waals surface area (Å²) >= 11 is 0. The van der Waals surface area contributed by atoms with Crippen molar-refractivity contribution in [1.82, 2.24) is 5.32 Å². The normalized spacial score (nSPS) is 37.0. The number of likely N-dealkylation sites (N-methyl/N-ethyl adjacent to an activating group) is 1. The fraction of sp³-hybridized carbons (Fsp3) is 1.00. The first-order valence-electron chi connectivity index (χ1n) is 7.70. The molecule has 2 fully saturated rings. The molecule has 1 saturated heterocycles. The lowest BCUT2D eigenvalue weighted by Gasteiger charge is -2.40. The number of rotatable bonds is 6. The van der Waals surface area contributed by atoms with Crippen molar-refractivity contribution in [2.45, 2.75) is 64.1 Å². The van der Waals surface area contributed by atoms with E-state index in [4.69, 9.17) is 9.47 Å². The number of ether oxygens (including phenoxy) is 2. The molecule has 3 atom stereocenters. The largest absolute Gasteiger partial charge is 0.376 e. The van der Waals surface area contributed by atoms with Gasteiger partial charge in [0.25, 0.3) is 0 Å². The summed E-state index contributed by atoms with van der Waals surface area (Å²) in [6.45, 7) is 8.26. The molecule has 2 rings (SSSR count). The summed E-state index contributed by atoms with van der Waals surface area (Å²) in [5, 5.41) is 3.49. The molecule has 0 spiro atoms. The van der Waals surface area contributed by atoms with Crippen LogP contribution < -0.4 is 5.32 Å². The highest BCUT2D eigenvalue weighted by Crippen LogP contribution is 2.35. The van der Waals surface area contributed by atoms with Crippen molar-refractivity contribution in [3.63, 3.8) is 0 Å². The molecule has 0 aromatic heterocycles. The van der Waals surface area contributed by atoms with Crippen molar-refractivity contribution in [3.05, 3.63) is 0 Å². The number of nitrogens with one attached hydrogen (secondary N) is 1. The minimum Gasteiger partial charge on any atom is -0.376 e. The predicted octanol–water partition coefficient (Wildman–Crippen LogP) is 2.74. The highest BCUT2D eigenvalue weighted by molar-refractivity contribution is 4.89. The molecular formula is C15H29NO2. The second kappa shape index (κ2) is 6.88. The molecule has 1 aliphatic carbocycles. The Morgan fingerprint density at radius 1 is 1.33 bits per heavy atom. The molecule has 3 unspecified atom stereocenters. The molecule has 0 bridgehead atoms. The van der Waals surface area contributed by atoms with Crippen LogP contribution in [-0.2, 0) is 9.47 Å². The first-order valence-corrected chi connectivity index (χ1v) is 7.70. The molecule has 0 aromatic rings. The van der Waals surface area contributed by atoms with Gasteiger partial charge in [-0.05, 0) is 38.1 Å². The molecule has 1 aliphatic heterocycles. The van der Waals surface area contributed by atoms with Crippen LogP contribution in [-0.4, -0.2) is 38.0 Å². The van der Waals surface area contributed by atoms with E-state index in [2.05, 4.69) is 19.2 Å². The standard InChI is InChI=1S/C15H29NO2/c1-3-16-12-15(8-4-6-13(2)10-15)18-11-14-7-5-9-17-14/h13-14,16H,3-12H2,1-2H3. The Balaban J connectivity index is 1.86. The Labute approximate surface area is 112 Å². The maximum Gasteiger partial charge on any atom is 0.0810 e. The fourth-order valence-electron chi connectivity index (χ4n) is 3.35. The van der Waals surface area contributed by atoms with Gasteiger partial charge in [0.15, 0.2) is 0 Å². The van der Waals surface area contributed by atoms with Crippen LogP contribution in [0.3, 0.4) is 0 Å². The third-order valence-electron chi connectivity index (χ3n) is 4.35. The van der Waals surface area contributed by atoms with Crippen LogP contribution in [0.25, 0.3) is 0 Å². The average Bonchev–Trinajstić information content (AvgIpc) is 2.87. The quantitative estimate of drug-likeness (QED) is 0.791. The molecule has 1 heterocycles. The topological polar surface area (TPSA) is 30.5 Å². The molecule has 3 nitrogen and oxygen atoms in total. The Bertz CT molecular complexity index is 241. The Morgan fingerprint density at radius 3 is 2.89 bits per heavy atom. The van der Waals surface area contributed by atoms with Gasteiger partial charge in [-0.1, -0.05) is 26.7 Å². The number of hydrogen-bond donors (Lipinski definition) is 1. The summed E-state index contributed by atoms with van der Waals surface area (Å²) < 4.78 is 12.0. The van der Waals surface area contributed by atoms with Crippen LogP contribution >= 0.6 is 0 Å². The minimum absolute atomic E-state index is 0.0691. The van der Waals surface area contributed by atoms with Gasteiger partial charge in [-0.2, -0.15) is 0 Å². The van der Waals surface area contributed by atoms with Gasteiger partial charge in [0.05, 0.1) is 18.3 Å². The van der Waals surface area contributed by atoms with Crippen molar-refractivity contribution >= 4 is 0 Å². The maximum atomic E-state index is 6.34. The second-order valence-corrected chi connectivity index (χ2v) is 6.11. The Hall–Kier alpha value is -0.120. The average molecular weight is 255 g/mol. The van der Waals surface area contributed by atoms with Crippen molar-refractivity contribution in [2.75, 3.05) is 26.3 Å². The lowest BCUT2D eigenvalue weighted by Crippen LogP contribution is -2.47. The first-order chi connectivity index (χ1) is 8.74. The monoisotopic (exact) mass is 255 g/mol. The zero-order valence-electron chi connectivity index (χ0n) is 12.0. The molecule has 3 heteroatoms. The maximum absolute atomic E-state index is 6.34. The second-order valence-electron chi connectivity index (χ2n) is 6.11. The van der Waals surface area contributed by atoms with E-state index in [1.807, 2.05) is 0 Å². The summed E-state index contributed by atoms with van der Waals surface area (Å²) in [5.41, 5.74) is 0.0691. The molecule has 0 amide bonds. The van der Waals surface area contributed by atoms with Gasteiger partial charge in [0.2, 0.25) is 0 Å². The zero-order chi connectivity index (χ0) is 12.8. The molecule has 0 radical (unpaired) electrons. The van der Waals surface area contributed by atoms with Crippen molar-refractivity contribution < 1.29 is 9.47 Å². The van der Waals surface area contributed by atoms with E-state index >= 15 is 0 Å². The van der Waals surface area contributed by atoms with E-state index in [0.717, 1.165) is 32.2 Å². The van der Waals surface area contributed by atoms with Gasteiger partial charge in [-0.3, -0.25) is 0 Å². The summed E-state index contributed by atoms with van der Waals surface area (Å²) in [4.78, 5) is 0. The predicted molar refractivity (Wildman–Crippen MR) is 73.8 cm³/mol. The van der Waals surface area contributed by atoms with Crippen LogP contribution in [0.4, 0.5) is 0 Å². The van der Waals surface area contributed by atoms with Crippen molar-refractivity contribution in [1.29, 1.82) is 0 Å². The highest BCUT2D eigenvalue weighted by Gasteiger charge is 2.36. The Kier molecular flexibility index (Phi) is 5.46. The third-order valence-corrected chi connectivity index (χ3v) is 4.35. The highest BCUT2D eigenvalue weighted by atomic mass is 16.5. The summed E-state index contributed by atoms with van der Waals surface area (Å²) in [7, 11) is 0. The Morgan fingerprint density at radius 2 is 2.22 bits per heavy atom. The summed E-state index contributed by atoms with van der Waals surface area (Å²) in [6.07, 6.45) is 7.79. The lowest BCUT2D eigenvalue weighted by atomic mass is 9.78. The van der Waals surface area contributed by atoms with E-state index < -0.39 is 0 Å². The molecule has 18 heavy (non-hydrogen) atoms. The van der Waals surface area contributed by atoms with E-state index in [-0.39, 0.29) is 5.60 Å². The minimum atomic E-state index is 0.0691. The number of hydrogen-bond acceptors (Lipinski definition) is 3. The van der Waals surface area contributed by atoms with E-state index in [0.29, 0.717) is 6.10 Å². The van der Waals surface area contributed by atoms with Crippen LogP contribution in [0.1, 0.15) is 52.4 Å². The molecule has 1 N–H and O–H groups in total. The lowest BCUT2D eigenvalue weighted by molar-refractivity contribution is -0.108. The smallest absolute Gasteiger partial charge is 0.0810 e. The van der Waals surface area contributed by atoms with Gasteiger partial charge in [0, 0.05) is 13.2 Å². The van der Waals surface area contributed by atoms with Gasteiger partial charge in [-0.25, -0.2) is 0 Å². The van der Waals surface area contributed by atoms with E-state index in [1.54, 1.807) is 0 Å². The molecule has 1 saturated carbocycles. The van der Waals surface area contributed by atoms with Crippen LogP contribution in [0.15, 0.2) is 0 Å². The SMILES string of the molecule is CCNCC1(OCC2CCCO2)CCCC(C)C1. The van der Waals surface area contributed by atoms with Gasteiger partial charge in [-0.15, -0.1) is 0 Å². The van der Waals surface area contributed by atoms with Gasteiger partial charge < -0.3 is 14.8 Å². The van der Waals surface area contributed by atoms with Crippen molar-refractivity contribution in [3.8, 4) is 0 Å². The summed E-state index contributed by atoms with van der Waals surface area (Å²) in [6, 6.07) is 0. The van der Waals surface area contributed by atoms with E-state index in [9.17, 15) is 0 Å². The van der Waals surface area contributed by atoms with Crippen molar-refractivity contribution in [2.24, 2.45) is 5.92 Å². The van der Waals surface area contributed by atoms with Gasteiger partial charge >= 0.3 is 0 Å². The van der Waals surface area contributed by atoms with Crippen LogP contribution in [0, 0.1) is 5.92 Å². The van der Waals surface area contributed by atoms with Crippen LogP contribution in [0.2, 0.25) is 0 Å². The molecule has 2 aliphatic rings. The summed E-state index contributed by atoms with van der Waals surface area (Å²) in [5.74, 6) is 0.793. The third kappa shape index (κ3) is 3.94. The van der Waals surface area contributed by atoms with E-state index in [1.165, 1.54) is 38.5 Å². The fourth-order valence-corrected chi connectivity index (χ4v) is 3.35. The van der Waals surface area contributed by atoms with Crippen LogP contribution in [0.5, 0.6) is 0 Å². The zero-order valence-corrected chi connectivity index (χ0v) is 12.0. The first kappa shape index (κ1) is 14.3. The molecule has 0 aromatic carbocycles. The molecule has 106 valence electrons.